The van der Waals surface area contributed by atoms with E-state index in [4.69, 9.17) is 9.47 Å². The Bertz CT molecular complexity index is 1300. The third kappa shape index (κ3) is 3.73. The smallest absolute Gasteiger partial charge is 0.257 e. The molecule has 6 rings (SSSR count). The van der Waals surface area contributed by atoms with Crippen molar-refractivity contribution in [2.45, 2.75) is 37.6 Å². The highest BCUT2D eigenvalue weighted by atomic mass is 19.1. The van der Waals surface area contributed by atoms with Gasteiger partial charge in [-0.1, -0.05) is 0 Å². The molecule has 34 heavy (non-hydrogen) atoms. The van der Waals surface area contributed by atoms with Crippen molar-refractivity contribution in [3.63, 3.8) is 0 Å². The summed E-state index contributed by atoms with van der Waals surface area (Å²) in [5.41, 5.74) is 0.160. The molecule has 1 aromatic carbocycles. The summed E-state index contributed by atoms with van der Waals surface area (Å²) in [6.07, 6.45) is 3.63. The van der Waals surface area contributed by atoms with Crippen LogP contribution in [0.3, 0.4) is 0 Å². The van der Waals surface area contributed by atoms with Crippen molar-refractivity contribution >= 4 is 10.9 Å². The fourth-order valence-corrected chi connectivity index (χ4v) is 5.44. The summed E-state index contributed by atoms with van der Waals surface area (Å²) in [7, 11) is 0. The highest BCUT2D eigenvalue weighted by Gasteiger charge is 2.42. The number of nitrogens with zero attached hydrogens (tertiary/aromatic N) is 3. The summed E-state index contributed by atoms with van der Waals surface area (Å²) in [6, 6.07) is 8.51. The van der Waals surface area contributed by atoms with E-state index < -0.39 is 11.4 Å². The van der Waals surface area contributed by atoms with E-state index in [1.807, 2.05) is 6.07 Å². The number of aliphatic hydroxyl groups is 1. The number of benzene rings is 1. The Morgan fingerprint density at radius 3 is 2.82 bits per heavy atom. The van der Waals surface area contributed by atoms with Gasteiger partial charge in [0, 0.05) is 37.0 Å². The van der Waals surface area contributed by atoms with Gasteiger partial charge in [-0.25, -0.2) is 9.37 Å². The standard InChI is InChI=1S/C25H27FN4O4/c26-19-3-1-17-2-4-21(31)30-15-25(32,22(19)23(17)30)14-29-7-5-18(6-8-29)27-12-16-11-20-24(28-13-16)34-10-9-33-20/h1-4,11,13,18,27,32H,5-10,12,14-15H2. The molecule has 5 heterocycles. The normalized spacial score (nSPS) is 22.4. The van der Waals surface area contributed by atoms with Gasteiger partial charge in [-0.3, -0.25) is 9.69 Å². The average molecular weight is 467 g/mol. The van der Waals surface area contributed by atoms with Crippen LogP contribution in [0.25, 0.3) is 10.9 Å². The molecule has 0 bridgehead atoms. The molecule has 9 heteroatoms. The first kappa shape index (κ1) is 21.5. The molecule has 1 unspecified atom stereocenters. The summed E-state index contributed by atoms with van der Waals surface area (Å²) in [5, 5.41) is 15.9. The van der Waals surface area contributed by atoms with Gasteiger partial charge in [0.05, 0.1) is 12.1 Å². The van der Waals surface area contributed by atoms with E-state index >= 15 is 0 Å². The van der Waals surface area contributed by atoms with Crippen LogP contribution in [0, 0.1) is 5.82 Å². The zero-order chi connectivity index (χ0) is 23.3. The number of ether oxygens (including phenoxy) is 2. The third-order valence-electron chi connectivity index (χ3n) is 7.11. The second kappa shape index (κ2) is 8.33. The maximum Gasteiger partial charge on any atom is 0.257 e. The number of β-amino-alcohol motifs (C(OH)–C–C–N with tert-alkyl or cyclic N) is 1. The van der Waals surface area contributed by atoms with Gasteiger partial charge in [0.15, 0.2) is 5.75 Å². The lowest BCUT2D eigenvalue weighted by molar-refractivity contribution is -0.0159. The van der Waals surface area contributed by atoms with E-state index in [2.05, 4.69) is 15.2 Å². The molecule has 3 aromatic rings. The number of piperidine rings is 1. The number of rotatable bonds is 5. The fraction of sp³-hybridized carbons (Fsp3) is 0.440. The molecule has 1 fully saturated rings. The van der Waals surface area contributed by atoms with Crippen LogP contribution < -0.4 is 20.3 Å². The van der Waals surface area contributed by atoms with Crippen molar-refractivity contribution in [2.75, 3.05) is 32.8 Å². The average Bonchev–Trinajstić information content (AvgIpc) is 3.17. The first-order valence-corrected chi connectivity index (χ1v) is 11.8. The Morgan fingerprint density at radius 2 is 1.97 bits per heavy atom. The number of hydrogen-bond acceptors (Lipinski definition) is 7. The topological polar surface area (TPSA) is 88.9 Å². The van der Waals surface area contributed by atoms with Gasteiger partial charge in [0.25, 0.3) is 11.4 Å². The third-order valence-corrected chi connectivity index (χ3v) is 7.11. The van der Waals surface area contributed by atoms with Crippen molar-refractivity contribution in [3.8, 4) is 11.6 Å². The summed E-state index contributed by atoms with van der Waals surface area (Å²) >= 11 is 0. The van der Waals surface area contributed by atoms with Gasteiger partial charge in [-0.15, -0.1) is 0 Å². The second-order valence-corrected chi connectivity index (χ2v) is 9.42. The molecule has 0 spiro atoms. The molecule has 3 aliphatic heterocycles. The number of aromatic nitrogens is 2. The molecule has 1 saturated heterocycles. The quantitative estimate of drug-likeness (QED) is 0.592. The number of fused-ring (bicyclic) bond motifs is 1. The zero-order valence-corrected chi connectivity index (χ0v) is 18.8. The minimum absolute atomic E-state index is 0.0781. The molecular formula is C25H27FN4O4. The summed E-state index contributed by atoms with van der Waals surface area (Å²) in [6.45, 7) is 3.68. The van der Waals surface area contributed by atoms with Crippen LogP contribution in [0.5, 0.6) is 11.6 Å². The molecule has 0 aliphatic carbocycles. The van der Waals surface area contributed by atoms with E-state index in [1.54, 1.807) is 18.3 Å². The van der Waals surface area contributed by atoms with Gasteiger partial charge in [-0.2, -0.15) is 0 Å². The van der Waals surface area contributed by atoms with Crippen molar-refractivity contribution < 1.29 is 19.0 Å². The Morgan fingerprint density at radius 1 is 1.18 bits per heavy atom. The molecule has 1 atom stereocenters. The van der Waals surface area contributed by atoms with Gasteiger partial charge in [0.2, 0.25) is 0 Å². The van der Waals surface area contributed by atoms with Gasteiger partial charge in [-0.05, 0) is 61.1 Å². The Kier molecular flexibility index (Phi) is 5.28. The fourth-order valence-electron chi connectivity index (χ4n) is 5.44. The first-order valence-electron chi connectivity index (χ1n) is 11.8. The Labute approximate surface area is 195 Å². The summed E-state index contributed by atoms with van der Waals surface area (Å²) in [5.74, 6) is 0.772. The lowest BCUT2D eigenvalue weighted by atomic mass is 9.92. The number of likely N-dealkylation sites (tertiary alicyclic amines) is 1. The van der Waals surface area contributed by atoms with Crippen molar-refractivity contribution in [1.29, 1.82) is 0 Å². The summed E-state index contributed by atoms with van der Waals surface area (Å²) < 4.78 is 27.4. The van der Waals surface area contributed by atoms with E-state index in [1.165, 1.54) is 16.7 Å². The van der Waals surface area contributed by atoms with Gasteiger partial charge >= 0.3 is 0 Å². The monoisotopic (exact) mass is 466 g/mol. The largest absolute Gasteiger partial charge is 0.484 e. The number of nitrogens with one attached hydrogen (secondary N) is 1. The van der Waals surface area contributed by atoms with Crippen LogP contribution in [0.4, 0.5) is 4.39 Å². The van der Waals surface area contributed by atoms with Crippen LogP contribution in [0.1, 0.15) is 24.0 Å². The van der Waals surface area contributed by atoms with Crippen LogP contribution in [-0.4, -0.2) is 58.4 Å². The molecule has 178 valence electrons. The Balaban J connectivity index is 1.09. The highest BCUT2D eigenvalue weighted by Crippen LogP contribution is 2.38. The molecule has 8 nitrogen and oxygen atoms in total. The Hall–Kier alpha value is -3.01. The minimum Gasteiger partial charge on any atom is -0.484 e. The minimum atomic E-state index is -1.42. The van der Waals surface area contributed by atoms with Crippen molar-refractivity contribution in [2.24, 2.45) is 0 Å². The maximum atomic E-state index is 14.8. The molecule has 3 aliphatic rings. The van der Waals surface area contributed by atoms with Gasteiger partial charge < -0.3 is 24.5 Å². The molecule has 2 N–H and O–H groups in total. The summed E-state index contributed by atoms with van der Waals surface area (Å²) in [4.78, 5) is 18.9. The number of pyridine rings is 2. The molecule has 0 amide bonds. The van der Waals surface area contributed by atoms with Gasteiger partial charge in [0.1, 0.15) is 24.6 Å². The predicted octanol–water partition coefficient (Wildman–Crippen LogP) is 1.76. The number of halogens is 1. The molecule has 0 saturated carbocycles. The first-order chi connectivity index (χ1) is 16.5. The molecule has 2 aromatic heterocycles. The van der Waals surface area contributed by atoms with E-state index in [0.29, 0.717) is 49.5 Å². The zero-order valence-electron chi connectivity index (χ0n) is 18.8. The SMILES string of the molecule is O=c1ccc2ccc(F)c3c2n1CC3(O)CN1CCC(NCc2cnc3c(c2)OCCO3)CC1. The number of hydrogen-bond donors (Lipinski definition) is 2. The van der Waals surface area contributed by atoms with Crippen LogP contribution in [-0.2, 0) is 18.7 Å². The maximum absolute atomic E-state index is 14.8. The molecule has 0 radical (unpaired) electrons. The lowest BCUT2D eigenvalue weighted by Crippen LogP contribution is -2.48. The highest BCUT2D eigenvalue weighted by molar-refractivity contribution is 5.85. The second-order valence-electron chi connectivity index (χ2n) is 9.42. The van der Waals surface area contributed by atoms with Crippen molar-refractivity contribution in [3.05, 3.63) is 63.8 Å². The van der Waals surface area contributed by atoms with Crippen LogP contribution in [0.2, 0.25) is 0 Å². The van der Waals surface area contributed by atoms with Crippen molar-refractivity contribution in [1.82, 2.24) is 19.8 Å². The van der Waals surface area contributed by atoms with E-state index in [9.17, 15) is 14.3 Å². The molecular weight excluding hydrogens is 439 g/mol. The lowest BCUT2D eigenvalue weighted by Gasteiger charge is -2.37. The van der Waals surface area contributed by atoms with E-state index in [0.717, 1.165) is 36.9 Å². The van der Waals surface area contributed by atoms with E-state index in [-0.39, 0.29) is 17.7 Å². The predicted molar refractivity (Wildman–Crippen MR) is 124 cm³/mol. The van der Waals surface area contributed by atoms with Crippen LogP contribution in [0.15, 0.2) is 41.3 Å². The van der Waals surface area contributed by atoms with Crippen LogP contribution >= 0.6 is 0 Å².